The van der Waals surface area contributed by atoms with E-state index in [-0.39, 0.29) is 11.7 Å². The van der Waals surface area contributed by atoms with Gasteiger partial charge in [0.25, 0.3) is 5.91 Å². The van der Waals surface area contributed by atoms with Gasteiger partial charge in [0.2, 0.25) is 0 Å². The molecule has 0 aromatic carbocycles. The van der Waals surface area contributed by atoms with Crippen LogP contribution in [0, 0.1) is 18.8 Å². The van der Waals surface area contributed by atoms with Gasteiger partial charge in [0.05, 0.1) is 0 Å². The molecule has 0 bridgehead atoms. The summed E-state index contributed by atoms with van der Waals surface area (Å²) in [5.41, 5.74) is 3.10. The number of carbonyl (C=O) groups is 2. The number of hydrogen-bond donors (Lipinski definition) is 2. The Morgan fingerprint density at radius 3 is 2.33 bits per heavy atom. The summed E-state index contributed by atoms with van der Waals surface area (Å²) in [4.78, 5) is 30.3. The van der Waals surface area contributed by atoms with E-state index in [1.807, 2.05) is 11.8 Å². The number of nitrogens with zero attached hydrogens (tertiary/aromatic N) is 1. The van der Waals surface area contributed by atoms with E-state index in [1.165, 1.54) is 0 Å². The molecule has 1 aromatic rings. The number of ketones is 1. The molecule has 132 valence electrons. The van der Waals surface area contributed by atoms with Gasteiger partial charge in [-0.05, 0) is 63.6 Å². The fourth-order valence-corrected chi connectivity index (χ4v) is 4.42. The Labute approximate surface area is 144 Å². The zero-order chi connectivity index (χ0) is 17.3. The van der Waals surface area contributed by atoms with E-state index in [4.69, 9.17) is 0 Å². The van der Waals surface area contributed by atoms with Crippen molar-refractivity contribution in [3.63, 3.8) is 0 Å². The number of hydrogen-bond acceptors (Lipinski definition) is 3. The Balaban J connectivity index is 1.84. The summed E-state index contributed by atoms with van der Waals surface area (Å²) in [7, 11) is 0. The molecule has 0 saturated carbocycles. The van der Waals surface area contributed by atoms with Crippen LogP contribution in [0.2, 0.25) is 0 Å². The van der Waals surface area contributed by atoms with E-state index in [0.29, 0.717) is 17.5 Å². The van der Waals surface area contributed by atoms with Gasteiger partial charge in [0.1, 0.15) is 5.69 Å². The number of aromatic amines is 1. The zero-order valence-electron chi connectivity index (χ0n) is 15.1. The molecule has 5 heteroatoms. The molecule has 2 atom stereocenters. The molecule has 2 saturated heterocycles. The lowest BCUT2D eigenvalue weighted by molar-refractivity contribution is 0.0752. The first-order valence-electron chi connectivity index (χ1n) is 9.25. The van der Waals surface area contributed by atoms with Gasteiger partial charge in [-0.2, -0.15) is 0 Å². The molecule has 1 aromatic heterocycles. The van der Waals surface area contributed by atoms with E-state index in [0.717, 1.165) is 68.7 Å². The third kappa shape index (κ3) is 3.14. The van der Waals surface area contributed by atoms with Crippen molar-refractivity contribution in [3.05, 3.63) is 22.5 Å². The van der Waals surface area contributed by atoms with Crippen LogP contribution in [0.15, 0.2) is 0 Å². The molecule has 3 rings (SSSR count). The molecule has 5 nitrogen and oxygen atoms in total. The molecule has 2 N–H and O–H groups in total. The van der Waals surface area contributed by atoms with Crippen LogP contribution >= 0.6 is 0 Å². The van der Waals surface area contributed by atoms with E-state index >= 15 is 0 Å². The Morgan fingerprint density at radius 1 is 1.17 bits per heavy atom. The summed E-state index contributed by atoms with van der Waals surface area (Å²) in [6, 6.07) is 0. The van der Waals surface area contributed by atoms with Gasteiger partial charge in [-0.1, -0.05) is 13.3 Å². The summed E-state index contributed by atoms with van der Waals surface area (Å²) in [6.45, 7) is 9.38. The van der Waals surface area contributed by atoms with Gasteiger partial charge in [-0.25, -0.2) is 0 Å². The number of Topliss-reactive ketones (excluding diaryl/α,β-unsaturated/α-hetero) is 1. The Morgan fingerprint density at radius 2 is 1.79 bits per heavy atom. The smallest absolute Gasteiger partial charge is 0.270 e. The van der Waals surface area contributed by atoms with Crippen LogP contribution in [0.3, 0.4) is 0 Å². The molecule has 3 heterocycles. The normalized spacial score (nSPS) is 23.9. The number of carbonyl (C=O) groups excluding carboxylic acids is 2. The molecule has 0 radical (unpaired) electrons. The van der Waals surface area contributed by atoms with E-state index in [2.05, 4.69) is 17.2 Å². The van der Waals surface area contributed by atoms with Crippen LogP contribution < -0.4 is 5.32 Å². The monoisotopic (exact) mass is 331 g/mol. The average Bonchev–Trinajstić information content (AvgIpc) is 3.06. The van der Waals surface area contributed by atoms with E-state index in [1.54, 1.807) is 6.92 Å². The third-order valence-electron chi connectivity index (χ3n) is 5.66. The van der Waals surface area contributed by atoms with Gasteiger partial charge in [0.15, 0.2) is 5.78 Å². The predicted molar refractivity (Wildman–Crippen MR) is 94.5 cm³/mol. The lowest BCUT2D eigenvalue weighted by Crippen LogP contribution is -2.33. The fraction of sp³-hybridized carbons (Fsp3) is 0.684. The highest BCUT2D eigenvalue weighted by Crippen LogP contribution is 2.29. The predicted octanol–water partition coefficient (Wildman–Crippen LogP) is 2.55. The molecular formula is C19H29N3O2. The second-order valence-electron chi connectivity index (χ2n) is 7.33. The highest BCUT2D eigenvalue weighted by Gasteiger charge is 2.33. The van der Waals surface area contributed by atoms with Crippen molar-refractivity contribution in [2.75, 3.05) is 26.2 Å². The SMILES string of the molecule is CCCc1c(C(=O)N2CC[C@@H]3CNC[C@@H]3CC2)[nH]c(C)c1C(C)=O. The largest absolute Gasteiger partial charge is 0.354 e. The number of nitrogens with one attached hydrogen (secondary N) is 2. The van der Waals surface area contributed by atoms with Crippen LogP contribution in [0.25, 0.3) is 0 Å². The second kappa shape index (κ2) is 7.09. The van der Waals surface area contributed by atoms with Crippen LogP contribution in [0.4, 0.5) is 0 Å². The summed E-state index contributed by atoms with van der Waals surface area (Å²) >= 11 is 0. The molecule has 0 spiro atoms. The van der Waals surface area contributed by atoms with Crippen LogP contribution in [-0.4, -0.2) is 47.8 Å². The number of aromatic nitrogens is 1. The van der Waals surface area contributed by atoms with E-state index in [9.17, 15) is 9.59 Å². The maximum atomic E-state index is 13.1. The summed E-state index contributed by atoms with van der Waals surface area (Å²) < 4.78 is 0. The maximum absolute atomic E-state index is 13.1. The van der Waals surface area contributed by atoms with Crippen molar-refractivity contribution in [2.24, 2.45) is 11.8 Å². The molecule has 1 amide bonds. The third-order valence-corrected chi connectivity index (χ3v) is 5.66. The molecule has 2 aliphatic heterocycles. The Hall–Kier alpha value is -1.62. The van der Waals surface area contributed by atoms with Crippen molar-refractivity contribution in [1.82, 2.24) is 15.2 Å². The fourth-order valence-electron chi connectivity index (χ4n) is 4.42. The first-order chi connectivity index (χ1) is 11.5. The molecule has 24 heavy (non-hydrogen) atoms. The topological polar surface area (TPSA) is 65.2 Å². The first-order valence-corrected chi connectivity index (χ1v) is 9.25. The minimum atomic E-state index is 0.0442. The minimum Gasteiger partial charge on any atom is -0.354 e. The minimum absolute atomic E-state index is 0.0442. The van der Waals surface area contributed by atoms with Gasteiger partial charge in [0, 0.05) is 24.3 Å². The molecule has 2 fully saturated rings. The van der Waals surface area contributed by atoms with Crippen molar-refractivity contribution < 1.29 is 9.59 Å². The van der Waals surface area contributed by atoms with Crippen molar-refractivity contribution in [2.45, 2.75) is 46.5 Å². The van der Waals surface area contributed by atoms with Crippen LogP contribution in [0.5, 0.6) is 0 Å². The van der Waals surface area contributed by atoms with Crippen molar-refractivity contribution in [3.8, 4) is 0 Å². The van der Waals surface area contributed by atoms with E-state index < -0.39 is 0 Å². The number of rotatable bonds is 4. The standard InChI is InChI=1S/C19H29N3O2/c1-4-5-16-17(13(3)23)12(2)21-18(16)19(24)22-8-6-14-10-20-11-15(14)7-9-22/h14-15,20-21H,4-11H2,1-3H3/t14-,15+. The Kier molecular flexibility index (Phi) is 5.09. The molecular weight excluding hydrogens is 302 g/mol. The number of amides is 1. The number of likely N-dealkylation sites (tertiary alicyclic amines) is 1. The first kappa shape index (κ1) is 17.2. The second-order valence-corrected chi connectivity index (χ2v) is 7.33. The number of aryl methyl sites for hydroxylation is 1. The molecule has 2 aliphatic rings. The summed E-state index contributed by atoms with van der Waals surface area (Å²) in [5, 5.41) is 3.47. The number of H-pyrrole nitrogens is 1. The molecule has 0 aliphatic carbocycles. The summed E-state index contributed by atoms with van der Waals surface area (Å²) in [6.07, 6.45) is 3.84. The van der Waals surface area contributed by atoms with Gasteiger partial charge >= 0.3 is 0 Å². The summed E-state index contributed by atoms with van der Waals surface area (Å²) in [5.74, 6) is 1.52. The molecule has 0 unspecified atom stereocenters. The van der Waals surface area contributed by atoms with Gasteiger partial charge in [-0.15, -0.1) is 0 Å². The lowest BCUT2D eigenvalue weighted by atomic mass is 9.92. The average molecular weight is 331 g/mol. The highest BCUT2D eigenvalue weighted by molar-refractivity contribution is 6.02. The van der Waals surface area contributed by atoms with Crippen LogP contribution in [0.1, 0.15) is 65.2 Å². The van der Waals surface area contributed by atoms with Gasteiger partial charge < -0.3 is 15.2 Å². The quantitative estimate of drug-likeness (QED) is 0.833. The van der Waals surface area contributed by atoms with Crippen molar-refractivity contribution >= 4 is 11.7 Å². The lowest BCUT2D eigenvalue weighted by Gasteiger charge is -2.21. The van der Waals surface area contributed by atoms with Gasteiger partial charge in [-0.3, -0.25) is 9.59 Å². The van der Waals surface area contributed by atoms with Crippen LogP contribution in [-0.2, 0) is 6.42 Å². The number of fused-ring (bicyclic) bond motifs is 1. The Bertz CT molecular complexity index is 621. The maximum Gasteiger partial charge on any atom is 0.270 e. The highest BCUT2D eigenvalue weighted by atomic mass is 16.2. The van der Waals surface area contributed by atoms with Crippen molar-refractivity contribution in [1.29, 1.82) is 0 Å². The zero-order valence-corrected chi connectivity index (χ0v) is 15.1.